The molecule has 0 spiro atoms. The lowest BCUT2D eigenvalue weighted by Crippen LogP contribution is -2.15. The van der Waals surface area contributed by atoms with E-state index in [1.807, 2.05) is 0 Å². The highest BCUT2D eigenvalue weighted by atomic mass is 16.1. The Morgan fingerprint density at radius 1 is 0.947 bits per heavy atom. The fourth-order valence-corrected chi connectivity index (χ4v) is 1.79. The number of rotatable bonds is 3. The van der Waals surface area contributed by atoms with Gasteiger partial charge in [0.15, 0.2) is 5.78 Å². The molecule has 0 aliphatic rings. The first-order chi connectivity index (χ1) is 9.09. The van der Waals surface area contributed by atoms with Crippen molar-refractivity contribution in [2.45, 2.75) is 6.92 Å². The first kappa shape index (κ1) is 12.8. The lowest BCUT2D eigenvalue weighted by atomic mass is 10.1. The van der Waals surface area contributed by atoms with Gasteiger partial charge in [-0.15, -0.1) is 0 Å². The molecule has 0 aromatic heterocycles. The molecule has 3 N–H and O–H groups in total. The molecular formula is C15H14N2O2. The summed E-state index contributed by atoms with van der Waals surface area (Å²) < 4.78 is 0. The topological polar surface area (TPSA) is 72.2 Å². The minimum atomic E-state index is -0.327. The van der Waals surface area contributed by atoms with E-state index in [9.17, 15) is 9.59 Å². The molecular weight excluding hydrogens is 240 g/mol. The molecule has 2 aromatic carbocycles. The van der Waals surface area contributed by atoms with Gasteiger partial charge >= 0.3 is 0 Å². The highest BCUT2D eigenvalue weighted by Gasteiger charge is 2.12. The van der Waals surface area contributed by atoms with E-state index in [0.717, 1.165) is 0 Å². The zero-order valence-electron chi connectivity index (χ0n) is 10.5. The highest BCUT2D eigenvalue weighted by Crippen LogP contribution is 2.18. The van der Waals surface area contributed by atoms with Gasteiger partial charge < -0.3 is 11.1 Å². The van der Waals surface area contributed by atoms with Gasteiger partial charge in [-0.25, -0.2) is 0 Å². The van der Waals surface area contributed by atoms with Crippen LogP contribution in [-0.4, -0.2) is 11.7 Å². The Balaban J connectivity index is 2.30. The highest BCUT2D eigenvalue weighted by molar-refractivity contribution is 6.11. The van der Waals surface area contributed by atoms with Crippen LogP contribution in [0.25, 0.3) is 0 Å². The number of anilines is 2. The summed E-state index contributed by atoms with van der Waals surface area (Å²) in [5, 5.41) is 2.71. The van der Waals surface area contributed by atoms with Crippen molar-refractivity contribution in [3.05, 3.63) is 59.7 Å². The number of nitrogens with one attached hydrogen (secondary N) is 1. The normalized spacial score (nSPS) is 9.95. The molecule has 19 heavy (non-hydrogen) atoms. The van der Waals surface area contributed by atoms with Crippen molar-refractivity contribution in [2.75, 3.05) is 11.1 Å². The third-order valence-corrected chi connectivity index (χ3v) is 2.76. The summed E-state index contributed by atoms with van der Waals surface area (Å²) in [5.41, 5.74) is 7.50. The van der Waals surface area contributed by atoms with E-state index in [0.29, 0.717) is 22.5 Å². The maximum absolute atomic E-state index is 12.1. The molecule has 2 aromatic rings. The summed E-state index contributed by atoms with van der Waals surface area (Å²) in [7, 11) is 0. The molecule has 0 radical (unpaired) electrons. The van der Waals surface area contributed by atoms with Crippen LogP contribution >= 0.6 is 0 Å². The number of carbonyl (C=O) groups excluding carboxylic acids is 2. The van der Waals surface area contributed by atoms with E-state index in [2.05, 4.69) is 5.32 Å². The van der Waals surface area contributed by atoms with Crippen molar-refractivity contribution >= 4 is 23.1 Å². The summed E-state index contributed by atoms with van der Waals surface area (Å²) in [6, 6.07) is 13.7. The number of carbonyl (C=O) groups is 2. The van der Waals surface area contributed by atoms with Gasteiger partial charge in [0.05, 0.1) is 11.3 Å². The van der Waals surface area contributed by atoms with Crippen LogP contribution in [0.5, 0.6) is 0 Å². The Kier molecular flexibility index (Phi) is 3.61. The van der Waals surface area contributed by atoms with Crippen molar-refractivity contribution in [1.82, 2.24) is 0 Å². The molecule has 4 heteroatoms. The van der Waals surface area contributed by atoms with Gasteiger partial charge in [-0.2, -0.15) is 0 Å². The van der Waals surface area contributed by atoms with E-state index in [-0.39, 0.29) is 11.7 Å². The molecule has 0 aliphatic carbocycles. The quantitative estimate of drug-likeness (QED) is 0.653. The molecule has 0 heterocycles. The smallest absolute Gasteiger partial charge is 0.257 e. The van der Waals surface area contributed by atoms with Gasteiger partial charge in [-0.3, -0.25) is 9.59 Å². The van der Waals surface area contributed by atoms with Crippen LogP contribution in [0.2, 0.25) is 0 Å². The summed E-state index contributed by atoms with van der Waals surface area (Å²) >= 11 is 0. The maximum atomic E-state index is 12.1. The van der Waals surface area contributed by atoms with Crippen LogP contribution in [0, 0.1) is 0 Å². The second-order valence-corrected chi connectivity index (χ2v) is 4.14. The van der Waals surface area contributed by atoms with Crippen molar-refractivity contribution < 1.29 is 9.59 Å². The maximum Gasteiger partial charge on any atom is 0.257 e. The number of nitrogen functional groups attached to an aromatic ring is 1. The first-order valence-corrected chi connectivity index (χ1v) is 5.85. The van der Waals surface area contributed by atoms with Gasteiger partial charge in [0, 0.05) is 11.3 Å². The zero-order chi connectivity index (χ0) is 13.8. The number of Topliss-reactive ketones (excluding diaryl/α,β-unsaturated/α-hetero) is 1. The van der Waals surface area contributed by atoms with E-state index in [4.69, 9.17) is 5.73 Å². The largest absolute Gasteiger partial charge is 0.398 e. The average Bonchev–Trinajstić information content (AvgIpc) is 2.39. The summed E-state index contributed by atoms with van der Waals surface area (Å²) in [6.45, 7) is 1.46. The fraction of sp³-hybridized carbons (Fsp3) is 0.0667. The van der Waals surface area contributed by atoms with E-state index >= 15 is 0 Å². The van der Waals surface area contributed by atoms with Gasteiger partial charge in [0.2, 0.25) is 0 Å². The lowest BCUT2D eigenvalue weighted by Gasteiger charge is -2.10. The van der Waals surface area contributed by atoms with Crippen molar-refractivity contribution in [3.63, 3.8) is 0 Å². The molecule has 0 saturated carbocycles. The molecule has 0 atom stereocenters. The zero-order valence-corrected chi connectivity index (χ0v) is 10.5. The van der Waals surface area contributed by atoms with E-state index in [1.54, 1.807) is 48.5 Å². The Bertz CT molecular complexity index is 636. The van der Waals surface area contributed by atoms with Crippen LogP contribution in [0.3, 0.4) is 0 Å². The van der Waals surface area contributed by atoms with Gasteiger partial charge in [0.25, 0.3) is 5.91 Å². The van der Waals surface area contributed by atoms with Crippen LogP contribution in [-0.2, 0) is 0 Å². The van der Waals surface area contributed by atoms with E-state index < -0.39 is 0 Å². The average molecular weight is 254 g/mol. The second-order valence-electron chi connectivity index (χ2n) is 4.14. The number of para-hydroxylation sites is 2. The summed E-state index contributed by atoms with van der Waals surface area (Å²) in [4.78, 5) is 23.6. The van der Waals surface area contributed by atoms with Crippen molar-refractivity contribution in [2.24, 2.45) is 0 Å². The SMILES string of the molecule is CC(=O)c1ccccc1NC(=O)c1ccccc1N. The molecule has 2 rings (SSSR count). The predicted octanol–water partition coefficient (Wildman–Crippen LogP) is 2.72. The molecule has 0 saturated heterocycles. The van der Waals surface area contributed by atoms with Crippen LogP contribution in [0.1, 0.15) is 27.6 Å². The Morgan fingerprint density at radius 3 is 2.16 bits per heavy atom. The van der Waals surface area contributed by atoms with E-state index in [1.165, 1.54) is 6.92 Å². The lowest BCUT2D eigenvalue weighted by molar-refractivity contribution is 0.101. The van der Waals surface area contributed by atoms with Crippen LogP contribution < -0.4 is 11.1 Å². The molecule has 0 fully saturated rings. The van der Waals surface area contributed by atoms with Crippen LogP contribution in [0.15, 0.2) is 48.5 Å². The number of ketones is 1. The Morgan fingerprint density at radius 2 is 1.53 bits per heavy atom. The predicted molar refractivity (Wildman–Crippen MR) is 75.3 cm³/mol. The molecule has 0 bridgehead atoms. The second kappa shape index (κ2) is 5.35. The van der Waals surface area contributed by atoms with Gasteiger partial charge in [-0.05, 0) is 31.2 Å². The number of nitrogens with two attached hydrogens (primary N) is 1. The van der Waals surface area contributed by atoms with Crippen molar-refractivity contribution in [1.29, 1.82) is 0 Å². The third kappa shape index (κ3) is 2.80. The van der Waals surface area contributed by atoms with Crippen LogP contribution in [0.4, 0.5) is 11.4 Å². The number of hydrogen-bond donors (Lipinski definition) is 2. The molecule has 1 amide bonds. The molecule has 4 nitrogen and oxygen atoms in total. The Hall–Kier alpha value is -2.62. The van der Waals surface area contributed by atoms with Crippen molar-refractivity contribution in [3.8, 4) is 0 Å². The monoisotopic (exact) mass is 254 g/mol. The third-order valence-electron chi connectivity index (χ3n) is 2.76. The first-order valence-electron chi connectivity index (χ1n) is 5.85. The number of benzene rings is 2. The standard InChI is InChI=1S/C15H14N2O2/c1-10(18)11-6-3-5-9-14(11)17-15(19)12-7-2-4-8-13(12)16/h2-9H,16H2,1H3,(H,17,19). The van der Waals surface area contributed by atoms with Gasteiger partial charge in [0.1, 0.15) is 0 Å². The number of amides is 1. The minimum Gasteiger partial charge on any atom is -0.398 e. The molecule has 0 unspecified atom stereocenters. The number of hydrogen-bond acceptors (Lipinski definition) is 3. The fourth-order valence-electron chi connectivity index (χ4n) is 1.79. The molecule has 0 aliphatic heterocycles. The van der Waals surface area contributed by atoms with Gasteiger partial charge in [-0.1, -0.05) is 24.3 Å². The Labute approximate surface area is 111 Å². The minimum absolute atomic E-state index is 0.100. The summed E-state index contributed by atoms with van der Waals surface area (Å²) in [5.74, 6) is -0.427. The molecule has 96 valence electrons. The summed E-state index contributed by atoms with van der Waals surface area (Å²) in [6.07, 6.45) is 0.